The number of nitrogens with zero attached hydrogens (tertiary/aromatic N) is 1. The molecule has 108 valence electrons. The third kappa shape index (κ3) is 3.04. The van der Waals surface area contributed by atoms with Crippen LogP contribution in [0.3, 0.4) is 0 Å². The second kappa shape index (κ2) is 5.58. The lowest BCUT2D eigenvalue weighted by Crippen LogP contribution is -2.35. The van der Waals surface area contributed by atoms with Crippen molar-refractivity contribution in [3.05, 3.63) is 33.3 Å². The van der Waals surface area contributed by atoms with Gasteiger partial charge in [-0.05, 0) is 37.7 Å². The van der Waals surface area contributed by atoms with Gasteiger partial charge in [0.15, 0.2) is 0 Å². The first-order valence-corrected chi connectivity index (χ1v) is 7.33. The van der Waals surface area contributed by atoms with Crippen molar-refractivity contribution in [3.8, 4) is 0 Å². The molecule has 0 amide bonds. The Morgan fingerprint density at radius 2 is 2.15 bits per heavy atom. The van der Waals surface area contributed by atoms with Crippen molar-refractivity contribution in [2.24, 2.45) is 5.92 Å². The van der Waals surface area contributed by atoms with Gasteiger partial charge in [0.1, 0.15) is 0 Å². The van der Waals surface area contributed by atoms with Crippen molar-refractivity contribution >= 4 is 23.0 Å². The molecule has 6 heteroatoms. The standard InChI is InChI=1S/C14H17ClN2O3/c15-12-8-11(17(18)19)3-4-13(12)16-10-5-6-20-14(7-10)9-1-2-9/h3-4,8-10,14,16H,1-2,5-7H2. The molecule has 20 heavy (non-hydrogen) atoms. The molecule has 0 spiro atoms. The Labute approximate surface area is 122 Å². The first-order valence-electron chi connectivity index (χ1n) is 6.95. The average Bonchev–Trinajstić information content (AvgIpc) is 3.25. The molecule has 3 rings (SSSR count). The molecule has 1 heterocycles. The molecule has 1 aromatic rings. The highest BCUT2D eigenvalue weighted by atomic mass is 35.5. The zero-order chi connectivity index (χ0) is 14.1. The monoisotopic (exact) mass is 296 g/mol. The van der Waals surface area contributed by atoms with Crippen LogP contribution in [0.2, 0.25) is 5.02 Å². The molecule has 2 fully saturated rings. The summed E-state index contributed by atoms with van der Waals surface area (Å²) in [5, 5.41) is 14.5. The zero-order valence-corrected chi connectivity index (χ0v) is 11.8. The van der Waals surface area contributed by atoms with E-state index in [4.69, 9.17) is 16.3 Å². The summed E-state index contributed by atoms with van der Waals surface area (Å²) in [6.45, 7) is 0.767. The van der Waals surface area contributed by atoms with Gasteiger partial charge < -0.3 is 10.1 Å². The number of benzene rings is 1. The molecule has 2 aliphatic rings. The van der Waals surface area contributed by atoms with Crippen LogP contribution in [-0.4, -0.2) is 23.7 Å². The summed E-state index contributed by atoms with van der Waals surface area (Å²) in [5.74, 6) is 0.729. The second-order valence-corrected chi connectivity index (χ2v) is 5.94. The lowest BCUT2D eigenvalue weighted by molar-refractivity contribution is -0.384. The fraction of sp³-hybridized carbons (Fsp3) is 0.571. The van der Waals surface area contributed by atoms with Crippen LogP contribution in [-0.2, 0) is 4.74 Å². The van der Waals surface area contributed by atoms with Crippen molar-refractivity contribution in [2.45, 2.75) is 37.8 Å². The van der Waals surface area contributed by atoms with E-state index in [1.165, 1.54) is 25.0 Å². The summed E-state index contributed by atoms with van der Waals surface area (Å²) in [6.07, 6.45) is 4.83. The van der Waals surface area contributed by atoms with Gasteiger partial charge in [-0.15, -0.1) is 0 Å². The van der Waals surface area contributed by atoms with E-state index < -0.39 is 4.92 Å². The number of nitrogens with one attached hydrogen (secondary N) is 1. The van der Waals surface area contributed by atoms with E-state index in [0.717, 1.165) is 31.1 Å². The zero-order valence-electron chi connectivity index (χ0n) is 11.0. The van der Waals surface area contributed by atoms with Crippen LogP contribution in [0.1, 0.15) is 25.7 Å². The highest BCUT2D eigenvalue weighted by Crippen LogP contribution is 2.39. The molecule has 2 unspecified atom stereocenters. The van der Waals surface area contributed by atoms with Crippen LogP contribution in [0.25, 0.3) is 0 Å². The lowest BCUT2D eigenvalue weighted by atomic mass is 10.00. The van der Waals surface area contributed by atoms with Gasteiger partial charge >= 0.3 is 0 Å². The maximum atomic E-state index is 10.7. The number of rotatable bonds is 4. The van der Waals surface area contributed by atoms with Gasteiger partial charge in [0.05, 0.1) is 21.7 Å². The number of halogens is 1. The minimum atomic E-state index is -0.437. The quantitative estimate of drug-likeness (QED) is 0.681. The Morgan fingerprint density at radius 3 is 2.80 bits per heavy atom. The van der Waals surface area contributed by atoms with Crippen molar-refractivity contribution in [1.29, 1.82) is 0 Å². The smallest absolute Gasteiger partial charge is 0.271 e. The van der Waals surface area contributed by atoms with Gasteiger partial charge in [-0.2, -0.15) is 0 Å². The van der Waals surface area contributed by atoms with Gasteiger partial charge in [0.25, 0.3) is 5.69 Å². The van der Waals surface area contributed by atoms with Crippen LogP contribution in [0.15, 0.2) is 18.2 Å². The molecular weight excluding hydrogens is 280 g/mol. The first kappa shape index (κ1) is 13.6. The molecule has 1 aliphatic heterocycles. The number of anilines is 1. The average molecular weight is 297 g/mol. The maximum Gasteiger partial charge on any atom is 0.271 e. The van der Waals surface area contributed by atoms with Crippen LogP contribution in [0.5, 0.6) is 0 Å². The van der Waals surface area contributed by atoms with Gasteiger partial charge in [0.2, 0.25) is 0 Å². The summed E-state index contributed by atoms with van der Waals surface area (Å²) in [6, 6.07) is 4.88. The van der Waals surface area contributed by atoms with Crippen LogP contribution in [0, 0.1) is 16.0 Å². The van der Waals surface area contributed by atoms with E-state index in [1.54, 1.807) is 6.07 Å². The summed E-state index contributed by atoms with van der Waals surface area (Å²) in [5.41, 5.74) is 0.780. The number of non-ortho nitro benzene ring substituents is 1. The summed E-state index contributed by atoms with van der Waals surface area (Å²) in [4.78, 5) is 10.3. The largest absolute Gasteiger partial charge is 0.381 e. The van der Waals surface area contributed by atoms with E-state index >= 15 is 0 Å². The van der Waals surface area contributed by atoms with E-state index in [9.17, 15) is 10.1 Å². The normalized spacial score (nSPS) is 26.2. The molecule has 1 saturated carbocycles. The predicted octanol–water partition coefficient (Wildman–Crippen LogP) is 3.62. The molecule has 1 saturated heterocycles. The molecule has 0 radical (unpaired) electrons. The van der Waals surface area contributed by atoms with Gasteiger partial charge in [-0.25, -0.2) is 0 Å². The van der Waals surface area contributed by atoms with Gasteiger partial charge in [-0.1, -0.05) is 11.6 Å². The van der Waals surface area contributed by atoms with E-state index in [0.29, 0.717) is 17.2 Å². The lowest BCUT2D eigenvalue weighted by Gasteiger charge is -2.31. The maximum absolute atomic E-state index is 10.7. The molecule has 1 aromatic carbocycles. The number of hydrogen-bond donors (Lipinski definition) is 1. The van der Waals surface area contributed by atoms with Gasteiger partial charge in [0, 0.05) is 24.8 Å². The summed E-state index contributed by atoms with van der Waals surface area (Å²) >= 11 is 6.11. The van der Waals surface area contributed by atoms with Crippen molar-refractivity contribution in [1.82, 2.24) is 0 Å². The molecule has 5 nitrogen and oxygen atoms in total. The van der Waals surface area contributed by atoms with E-state index in [-0.39, 0.29) is 5.69 Å². The predicted molar refractivity (Wildman–Crippen MR) is 77.2 cm³/mol. The molecule has 1 aliphatic carbocycles. The van der Waals surface area contributed by atoms with Gasteiger partial charge in [-0.3, -0.25) is 10.1 Å². The van der Waals surface area contributed by atoms with Crippen LogP contribution in [0.4, 0.5) is 11.4 Å². The van der Waals surface area contributed by atoms with Crippen LogP contribution < -0.4 is 5.32 Å². The van der Waals surface area contributed by atoms with Crippen molar-refractivity contribution < 1.29 is 9.66 Å². The molecule has 2 atom stereocenters. The molecule has 0 aromatic heterocycles. The minimum Gasteiger partial charge on any atom is -0.381 e. The fourth-order valence-electron chi connectivity index (χ4n) is 2.71. The molecule has 1 N–H and O–H groups in total. The van der Waals surface area contributed by atoms with Crippen molar-refractivity contribution in [3.63, 3.8) is 0 Å². The van der Waals surface area contributed by atoms with Crippen molar-refractivity contribution in [2.75, 3.05) is 11.9 Å². The van der Waals surface area contributed by atoms with E-state index in [2.05, 4.69) is 5.32 Å². The Kier molecular flexibility index (Phi) is 3.81. The SMILES string of the molecule is O=[N+]([O-])c1ccc(NC2CCOC(C3CC3)C2)c(Cl)c1. The highest BCUT2D eigenvalue weighted by molar-refractivity contribution is 6.33. The summed E-state index contributed by atoms with van der Waals surface area (Å²) in [7, 11) is 0. The highest BCUT2D eigenvalue weighted by Gasteiger charge is 2.35. The number of ether oxygens (including phenoxy) is 1. The Morgan fingerprint density at radius 1 is 1.35 bits per heavy atom. The minimum absolute atomic E-state index is 0.0170. The Hall–Kier alpha value is -1.33. The second-order valence-electron chi connectivity index (χ2n) is 5.53. The molecular formula is C14H17ClN2O3. The molecule has 0 bridgehead atoms. The fourth-order valence-corrected chi connectivity index (χ4v) is 2.94. The number of hydrogen-bond acceptors (Lipinski definition) is 4. The third-order valence-corrected chi connectivity index (χ3v) is 4.30. The third-order valence-electron chi connectivity index (χ3n) is 3.99. The Bertz CT molecular complexity index is 519. The van der Waals surface area contributed by atoms with E-state index in [1.807, 2.05) is 0 Å². The Balaban J connectivity index is 1.66. The first-order chi connectivity index (χ1) is 9.63. The summed E-state index contributed by atoms with van der Waals surface area (Å²) < 4.78 is 5.79. The topological polar surface area (TPSA) is 64.4 Å². The number of nitro groups is 1. The van der Waals surface area contributed by atoms with Crippen LogP contribution >= 0.6 is 11.6 Å². The number of nitro benzene ring substituents is 1.